The summed E-state index contributed by atoms with van der Waals surface area (Å²) in [5.74, 6) is 0.272. The van der Waals surface area contributed by atoms with Crippen LogP contribution in [0, 0.1) is 0 Å². The predicted molar refractivity (Wildman–Crippen MR) is 156 cm³/mol. The molecule has 2 N–H and O–H groups in total. The minimum Gasteiger partial charge on any atom is -0.491 e. The van der Waals surface area contributed by atoms with Crippen molar-refractivity contribution < 1.29 is 41.3 Å². The van der Waals surface area contributed by atoms with Gasteiger partial charge < -0.3 is 29.2 Å². The summed E-state index contributed by atoms with van der Waals surface area (Å²) in [6, 6.07) is 7.07. The number of benzene rings is 1. The molecule has 2 aromatic heterocycles. The Labute approximate surface area is 255 Å². The number of aliphatic hydroxyl groups is 1. The van der Waals surface area contributed by atoms with Gasteiger partial charge in [0, 0.05) is 26.3 Å². The van der Waals surface area contributed by atoms with Gasteiger partial charge in [0.05, 0.1) is 41.3 Å². The standard InChI is InChI=1S/C28H35N5O9S2/c1-31-18-30-25-12-24(14-29-26(25)31)44(39,40)32-9-7-28(8-10-32)13-19(16-42-28)33(27(35)36)15-20(34)17-41-21-3-2-4-23(11-21)43(37,38)22-5-6-22/h2-4,11-12,14,18-20,22,34H,5-10,13,15-17H2,1H3,(H,35,36)/t19-,20+/m1/s1. The molecule has 2 aliphatic heterocycles. The molecule has 1 saturated carbocycles. The lowest BCUT2D eigenvalue weighted by Gasteiger charge is -2.38. The Morgan fingerprint density at radius 2 is 1.91 bits per heavy atom. The molecule has 0 unspecified atom stereocenters. The third-order valence-electron chi connectivity index (χ3n) is 8.62. The van der Waals surface area contributed by atoms with Crippen molar-refractivity contribution in [1.82, 2.24) is 23.7 Å². The van der Waals surface area contributed by atoms with Crippen molar-refractivity contribution >= 4 is 37.1 Å². The summed E-state index contributed by atoms with van der Waals surface area (Å²) < 4.78 is 66.6. The number of aryl methyl sites for hydroxylation is 1. The van der Waals surface area contributed by atoms with Gasteiger partial charge in [0.2, 0.25) is 10.0 Å². The van der Waals surface area contributed by atoms with Crippen LogP contribution in [0.25, 0.3) is 11.2 Å². The molecule has 1 aromatic carbocycles. The van der Waals surface area contributed by atoms with Crippen LogP contribution in [0.15, 0.2) is 52.6 Å². The number of hydrogen-bond donors (Lipinski definition) is 2. The number of piperidine rings is 1. The van der Waals surface area contributed by atoms with Crippen LogP contribution in [0.1, 0.15) is 32.1 Å². The van der Waals surface area contributed by atoms with Gasteiger partial charge in [-0.25, -0.2) is 31.6 Å². The first kappa shape index (κ1) is 30.7. The molecule has 1 spiro atoms. The number of carbonyl (C=O) groups is 1. The molecular formula is C28H35N5O9S2. The fourth-order valence-electron chi connectivity index (χ4n) is 5.96. The second-order valence-corrected chi connectivity index (χ2v) is 15.9. The second kappa shape index (κ2) is 11.6. The van der Waals surface area contributed by atoms with Crippen LogP contribution in [0.5, 0.6) is 5.75 Å². The van der Waals surface area contributed by atoms with Gasteiger partial charge in [0.25, 0.3) is 0 Å². The zero-order valence-electron chi connectivity index (χ0n) is 24.1. The fraction of sp³-hybridized carbons (Fsp3) is 0.536. The summed E-state index contributed by atoms with van der Waals surface area (Å²) in [6.07, 6.45) is 2.93. The van der Waals surface area contributed by atoms with Crippen LogP contribution in [0.4, 0.5) is 4.79 Å². The summed E-state index contributed by atoms with van der Waals surface area (Å²) in [7, 11) is -5.43. The van der Waals surface area contributed by atoms with E-state index in [-0.39, 0.29) is 53.6 Å². The Balaban J connectivity index is 1.04. The molecular weight excluding hydrogens is 614 g/mol. The Bertz CT molecular complexity index is 1770. The quantitative estimate of drug-likeness (QED) is 0.326. The van der Waals surface area contributed by atoms with E-state index >= 15 is 0 Å². The highest BCUT2D eigenvalue weighted by molar-refractivity contribution is 7.92. The van der Waals surface area contributed by atoms with Crippen molar-refractivity contribution in [2.45, 2.75) is 64.9 Å². The van der Waals surface area contributed by atoms with Crippen LogP contribution in [-0.2, 0) is 31.6 Å². The average Bonchev–Trinajstić information content (AvgIpc) is 3.71. The maximum absolute atomic E-state index is 13.3. The summed E-state index contributed by atoms with van der Waals surface area (Å²) in [5.41, 5.74) is 0.392. The Morgan fingerprint density at radius 1 is 1.16 bits per heavy atom. The number of imidazole rings is 1. The second-order valence-electron chi connectivity index (χ2n) is 11.7. The first-order chi connectivity index (χ1) is 20.9. The number of pyridine rings is 1. The normalized spacial score (nSPS) is 21.5. The lowest BCUT2D eigenvalue weighted by Crippen LogP contribution is -2.48. The number of sulfonamides is 1. The number of sulfone groups is 1. The fourth-order valence-corrected chi connectivity index (χ4v) is 9.06. The molecule has 4 heterocycles. The molecule has 1 amide bonds. The number of hydrogen-bond acceptors (Lipinski definition) is 10. The smallest absolute Gasteiger partial charge is 0.407 e. The van der Waals surface area contributed by atoms with E-state index < -0.39 is 43.7 Å². The van der Waals surface area contributed by atoms with E-state index in [1.807, 2.05) is 0 Å². The number of aliphatic hydroxyl groups excluding tert-OH is 1. The van der Waals surface area contributed by atoms with Crippen molar-refractivity contribution in [3.05, 3.63) is 42.9 Å². The zero-order chi connectivity index (χ0) is 31.3. The van der Waals surface area contributed by atoms with Gasteiger partial charge in [0.15, 0.2) is 15.5 Å². The maximum Gasteiger partial charge on any atom is 0.407 e. The van der Waals surface area contributed by atoms with Gasteiger partial charge in [-0.2, -0.15) is 4.31 Å². The molecule has 3 aliphatic rings. The number of nitrogens with zero attached hydrogens (tertiary/aromatic N) is 5. The van der Waals surface area contributed by atoms with E-state index in [0.29, 0.717) is 43.3 Å². The van der Waals surface area contributed by atoms with Gasteiger partial charge in [-0.3, -0.25) is 0 Å². The molecule has 2 atom stereocenters. The van der Waals surface area contributed by atoms with Crippen molar-refractivity contribution in [3.63, 3.8) is 0 Å². The van der Waals surface area contributed by atoms with Crippen LogP contribution >= 0.6 is 0 Å². The van der Waals surface area contributed by atoms with Crippen molar-refractivity contribution in [3.8, 4) is 5.75 Å². The molecule has 0 radical (unpaired) electrons. The highest BCUT2D eigenvalue weighted by Gasteiger charge is 2.47. The minimum absolute atomic E-state index is 0.0643. The number of amides is 1. The van der Waals surface area contributed by atoms with Gasteiger partial charge in [0.1, 0.15) is 28.9 Å². The first-order valence-electron chi connectivity index (χ1n) is 14.4. The van der Waals surface area contributed by atoms with Crippen LogP contribution < -0.4 is 4.74 Å². The van der Waals surface area contributed by atoms with Crippen molar-refractivity contribution in [2.24, 2.45) is 7.05 Å². The van der Waals surface area contributed by atoms with Gasteiger partial charge in [-0.15, -0.1) is 0 Å². The van der Waals surface area contributed by atoms with Crippen LogP contribution in [0.2, 0.25) is 0 Å². The number of aromatic nitrogens is 3. The first-order valence-corrected chi connectivity index (χ1v) is 17.4. The van der Waals surface area contributed by atoms with Gasteiger partial charge >= 0.3 is 6.09 Å². The third kappa shape index (κ3) is 6.00. The van der Waals surface area contributed by atoms with Gasteiger partial charge in [-0.05, 0) is 56.4 Å². The summed E-state index contributed by atoms with van der Waals surface area (Å²) in [5, 5.41) is 20.2. The molecule has 2 saturated heterocycles. The SMILES string of the molecule is Cn1cnc2cc(S(=O)(=O)N3CCC4(CC3)C[C@@H](N(C[C@H](O)COc3cccc(S(=O)(=O)C5CC5)c3)C(=O)O)CO4)cnc21. The average molecular weight is 650 g/mol. The lowest BCUT2D eigenvalue weighted by atomic mass is 9.88. The Morgan fingerprint density at radius 3 is 2.61 bits per heavy atom. The Hall–Kier alpha value is -3.31. The van der Waals surface area contributed by atoms with Crippen molar-refractivity contribution in [2.75, 3.05) is 32.8 Å². The highest BCUT2D eigenvalue weighted by atomic mass is 32.2. The van der Waals surface area contributed by atoms with E-state index in [2.05, 4.69) is 9.97 Å². The molecule has 3 fully saturated rings. The molecule has 6 rings (SSSR count). The lowest BCUT2D eigenvalue weighted by molar-refractivity contribution is -0.0319. The van der Waals surface area contributed by atoms with Gasteiger partial charge in [-0.1, -0.05) is 6.07 Å². The molecule has 238 valence electrons. The van der Waals surface area contributed by atoms with E-state index in [4.69, 9.17) is 9.47 Å². The van der Waals surface area contributed by atoms with E-state index in [0.717, 1.165) is 4.90 Å². The minimum atomic E-state index is -3.81. The maximum atomic E-state index is 13.3. The summed E-state index contributed by atoms with van der Waals surface area (Å²) >= 11 is 0. The molecule has 44 heavy (non-hydrogen) atoms. The number of ether oxygens (including phenoxy) is 2. The monoisotopic (exact) mass is 649 g/mol. The zero-order valence-corrected chi connectivity index (χ0v) is 25.8. The summed E-state index contributed by atoms with van der Waals surface area (Å²) in [4.78, 5) is 22.0. The number of rotatable bonds is 10. The molecule has 1 aliphatic carbocycles. The largest absolute Gasteiger partial charge is 0.491 e. The van der Waals surface area contributed by atoms with Crippen LogP contribution in [-0.4, -0.2) is 113 Å². The van der Waals surface area contributed by atoms with Crippen molar-refractivity contribution in [1.29, 1.82) is 0 Å². The highest BCUT2D eigenvalue weighted by Crippen LogP contribution is 2.39. The third-order valence-corrected chi connectivity index (χ3v) is 12.7. The van der Waals surface area contributed by atoms with E-state index in [1.165, 1.54) is 28.7 Å². The van der Waals surface area contributed by atoms with E-state index in [1.54, 1.807) is 30.1 Å². The molecule has 0 bridgehead atoms. The number of carboxylic acid groups (broad SMARTS) is 1. The molecule has 16 heteroatoms. The molecule has 3 aromatic rings. The van der Waals surface area contributed by atoms with Crippen LogP contribution in [0.3, 0.4) is 0 Å². The molecule has 14 nitrogen and oxygen atoms in total. The number of fused-ring (bicyclic) bond motifs is 1. The Kier molecular flexibility index (Phi) is 8.07. The predicted octanol–water partition coefficient (Wildman–Crippen LogP) is 1.64. The van der Waals surface area contributed by atoms with E-state index in [9.17, 15) is 31.8 Å². The summed E-state index contributed by atoms with van der Waals surface area (Å²) in [6.45, 7) is 0.0567. The topological polar surface area (TPSA) is 181 Å².